The predicted molar refractivity (Wildman–Crippen MR) is 88.5 cm³/mol. The molecule has 1 heterocycles. The molecule has 0 aliphatic heterocycles. The predicted octanol–water partition coefficient (Wildman–Crippen LogP) is 5.22. The first-order valence-corrected chi connectivity index (χ1v) is 8.16. The van der Waals surface area contributed by atoms with Crippen LogP contribution in [-0.4, -0.2) is 7.05 Å². The number of nitrogens with one attached hydrogen (secondary N) is 1. The summed E-state index contributed by atoms with van der Waals surface area (Å²) in [5, 5.41) is 4.73. The van der Waals surface area contributed by atoms with Gasteiger partial charge in [0.1, 0.15) is 11.3 Å². The molecule has 1 aliphatic rings. The van der Waals surface area contributed by atoms with Gasteiger partial charge >= 0.3 is 0 Å². The molecule has 1 atom stereocenters. The van der Waals surface area contributed by atoms with Crippen molar-refractivity contribution in [3.8, 4) is 0 Å². The Hall–Kier alpha value is -1.28. The number of para-hydroxylation sites is 1. The van der Waals surface area contributed by atoms with E-state index in [1.54, 1.807) is 0 Å². The molecule has 0 amide bonds. The number of hydrogen-bond donors (Lipinski definition) is 1. The molecule has 1 aliphatic carbocycles. The van der Waals surface area contributed by atoms with Crippen LogP contribution >= 0.6 is 0 Å². The minimum atomic E-state index is 0.341. The van der Waals surface area contributed by atoms with Gasteiger partial charge in [-0.1, -0.05) is 32.0 Å². The third-order valence-electron chi connectivity index (χ3n) is 5.23. The zero-order chi connectivity index (χ0) is 15.0. The number of aryl methyl sites for hydroxylation is 1. The highest BCUT2D eigenvalue weighted by Gasteiger charge is 2.32. The fourth-order valence-electron chi connectivity index (χ4n) is 3.75. The average Bonchev–Trinajstić information content (AvgIpc) is 2.86. The number of benzene rings is 1. The van der Waals surface area contributed by atoms with E-state index in [0.29, 0.717) is 17.4 Å². The van der Waals surface area contributed by atoms with Gasteiger partial charge in [0.2, 0.25) is 0 Å². The molecule has 0 radical (unpaired) electrons. The second kappa shape index (κ2) is 5.49. The summed E-state index contributed by atoms with van der Waals surface area (Å²) in [5.41, 5.74) is 2.78. The Labute approximate surface area is 127 Å². The lowest BCUT2D eigenvalue weighted by atomic mass is 9.71. The van der Waals surface area contributed by atoms with Crippen molar-refractivity contribution in [1.29, 1.82) is 0 Å². The SMILES string of the molecule is CNC(c1cc2cccc(C)c2o1)C1CCC(C)(C)CC1. The van der Waals surface area contributed by atoms with Crippen LogP contribution in [0.4, 0.5) is 0 Å². The zero-order valence-corrected chi connectivity index (χ0v) is 13.7. The Balaban J connectivity index is 1.87. The molecule has 1 unspecified atom stereocenters. The van der Waals surface area contributed by atoms with Gasteiger partial charge < -0.3 is 9.73 Å². The third-order valence-corrected chi connectivity index (χ3v) is 5.23. The van der Waals surface area contributed by atoms with Crippen LogP contribution < -0.4 is 5.32 Å². The summed E-state index contributed by atoms with van der Waals surface area (Å²) in [6.07, 6.45) is 5.20. The van der Waals surface area contributed by atoms with Crippen LogP contribution in [0.15, 0.2) is 28.7 Å². The summed E-state index contributed by atoms with van der Waals surface area (Å²) in [6, 6.07) is 8.93. The Morgan fingerprint density at radius 2 is 1.95 bits per heavy atom. The van der Waals surface area contributed by atoms with Crippen molar-refractivity contribution in [2.75, 3.05) is 7.05 Å². The molecular formula is C19H27NO. The van der Waals surface area contributed by atoms with Gasteiger partial charge in [-0.15, -0.1) is 0 Å². The molecule has 1 aromatic heterocycles. The summed E-state index contributed by atoms with van der Waals surface area (Å²) in [5.74, 6) is 1.79. The molecule has 2 nitrogen and oxygen atoms in total. The summed E-state index contributed by atoms with van der Waals surface area (Å²) in [6.45, 7) is 6.90. The lowest BCUT2D eigenvalue weighted by Gasteiger charge is -2.37. The van der Waals surface area contributed by atoms with Gasteiger partial charge in [0.05, 0.1) is 6.04 Å². The Morgan fingerprint density at radius 1 is 1.24 bits per heavy atom. The van der Waals surface area contributed by atoms with Crippen LogP contribution in [0.1, 0.15) is 56.9 Å². The highest BCUT2D eigenvalue weighted by atomic mass is 16.3. The second-order valence-corrected chi connectivity index (χ2v) is 7.41. The maximum absolute atomic E-state index is 6.19. The first kappa shape index (κ1) is 14.6. The molecule has 3 rings (SSSR count). The molecule has 114 valence electrons. The smallest absolute Gasteiger partial charge is 0.137 e. The number of fused-ring (bicyclic) bond motifs is 1. The highest BCUT2D eigenvalue weighted by molar-refractivity contribution is 5.81. The van der Waals surface area contributed by atoms with Crippen LogP contribution in [0.2, 0.25) is 0 Å². The summed E-state index contributed by atoms with van der Waals surface area (Å²) < 4.78 is 6.19. The van der Waals surface area contributed by atoms with Gasteiger partial charge in [0.15, 0.2) is 0 Å². The zero-order valence-electron chi connectivity index (χ0n) is 13.7. The van der Waals surface area contributed by atoms with Crippen molar-refractivity contribution in [2.45, 2.75) is 52.5 Å². The van der Waals surface area contributed by atoms with E-state index < -0.39 is 0 Å². The molecule has 1 saturated carbocycles. The quantitative estimate of drug-likeness (QED) is 0.836. The van der Waals surface area contributed by atoms with E-state index in [-0.39, 0.29) is 0 Å². The normalized spacial score (nSPS) is 20.8. The van der Waals surface area contributed by atoms with Crippen molar-refractivity contribution in [1.82, 2.24) is 5.32 Å². The first-order valence-electron chi connectivity index (χ1n) is 8.16. The van der Waals surface area contributed by atoms with Crippen LogP contribution in [0.5, 0.6) is 0 Å². The molecule has 1 N–H and O–H groups in total. The first-order chi connectivity index (χ1) is 10.00. The van der Waals surface area contributed by atoms with Crippen LogP contribution in [0, 0.1) is 18.3 Å². The molecule has 2 heteroatoms. The van der Waals surface area contributed by atoms with Gasteiger partial charge in [-0.2, -0.15) is 0 Å². The van der Waals surface area contributed by atoms with Crippen LogP contribution in [0.3, 0.4) is 0 Å². The van der Waals surface area contributed by atoms with E-state index in [1.807, 2.05) is 0 Å². The maximum Gasteiger partial charge on any atom is 0.137 e. The molecule has 2 aromatic rings. The van der Waals surface area contributed by atoms with E-state index in [0.717, 1.165) is 11.3 Å². The molecule has 21 heavy (non-hydrogen) atoms. The van der Waals surface area contributed by atoms with Crippen molar-refractivity contribution in [2.24, 2.45) is 11.3 Å². The topological polar surface area (TPSA) is 25.2 Å². The summed E-state index contributed by atoms with van der Waals surface area (Å²) in [7, 11) is 2.06. The number of rotatable bonds is 3. The van der Waals surface area contributed by atoms with Gasteiger partial charge in [0.25, 0.3) is 0 Å². The second-order valence-electron chi connectivity index (χ2n) is 7.41. The van der Waals surface area contributed by atoms with Crippen molar-refractivity contribution in [3.63, 3.8) is 0 Å². The summed E-state index contributed by atoms with van der Waals surface area (Å²) >= 11 is 0. The standard InChI is InChI=1S/C19H27NO/c1-13-6-5-7-15-12-16(21-18(13)15)17(20-4)14-8-10-19(2,3)11-9-14/h5-7,12,14,17,20H,8-11H2,1-4H3. The van der Waals surface area contributed by atoms with E-state index in [2.05, 4.69) is 57.4 Å². The molecule has 0 saturated heterocycles. The van der Waals surface area contributed by atoms with Gasteiger partial charge in [-0.05, 0) is 62.6 Å². The van der Waals surface area contributed by atoms with E-state index >= 15 is 0 Å². The van der Waals surface area contributed by atoms with Gasteiger partial charge in [-0.25, -0.2) is 0 Å². The lowest BCUT2D eigenvalue weighted by molar-refractivity contribution is 0.156. The monoisotopic (exact) mass is 285 g/mol. The highest BCUT2D eigenvalue weighted by Crippen LogP contribution is 2.43. The van der Waals surface area contributed by atoms with E-state index in [1.165, 1.54) is 36.6 Å². The van der Waals surface area contributed by atoms with Crippen LogP contribution in [0.25, 0.3) is 11.0 Å². The van der Waals surface area contributed by atoms with Gasteiger partial charge in [-0.3, -0.25) is 0 Å². The molecule has 1 fully saturated rings. The third kappa shape index (κ3) is 2.87. The van der Waals surface area contributed by atoms with Crippen molar-refractivity contribution >= 4 is 11.0 Å². The van der Waals surface area contributed by atoms with E-state index in [9.17, 15) is 0 Å². The fourth-order valence-corrected chi connectivity index (χ4v) is 3.75. The largest absolute Gasteiger partial charge is 0.459 e. The number of hydrogen-bond acceptors (Lipinski definition) is 2. The molecule has 1 aromatic carbocycles. The lowest BCUT2D eigenvalue weighted by Crippen LogP contribution is -2.30. The minimum Gasteiger partial charge on any atom is -0.459 e. The number of furan rings is 1. The maximum atomic E-state index is 6.19. The summed E-state index contributed by atoms with van der Waals surface area (Å²) in [4.78, 5) is 0. The molecule has 0 bridgehead atoms. The van der Waals surface area contributed by atoms with E-state index in [4.69, 9.17) is 4.42 Å². The Bertz CT molecular complexity index is 616. The minimum absolute atomic E-state index is 0.341. The molecular weight excluding hydrogens is 258 g/mol. The Morgan fingerprint density at radius 3 is 2.57 bits per heavy atom. The van der Waals surface area contributed by atoms with Crippen molar-refractivity contribution < 1.29 is 4.42 Å². The van der Waals surface area contributed by atoms with Gasteiger partial charge in [0, 0.05) is 5.39 Å². The van der Waals surface area contributed by atoms with Crippen LogP contribution in [-0.2, 0) is 0 Å². The van der Waals surface area contributed by atoms with Crippen molar-refractivity contribution in [3.05, 3.63) is 35.6 Å². The molecule has 0 spiro atoms. The fraction of sp³-hybridized carbons (Fsp3) is 0.579. The average molecular weight is 285 g/mol. The Kier molecular flexibility index (Phi) is 3.83.